The van der Waals surface area contributed by atoms with Gasteiger partial charge in [-0.25, -0.2) is 4.68 Å². The summed E-state index contributed by atoms with van der Waals surface area (Å²) in [4.78, 5) is 16.5. The molecule has 0 radical (unpaired) electrons. The molecule has 0 aliphatic rings. The molecular weight excluding hydrogens is 352 g/mol. The molecule has 0 aliphatic heterocycles. The molecule has 6 nitrogen and oxygen atoms in total. The normalized spacial score (nSPS) is 10.8. The zero-order valence-electron chi connectivity index (χ0n) is 13.8. The largest absolute Gasteiger partial charge is 0.332 e. The third-order valence-electron chi connectivity index (χ3n) is 3.84. The molecule has 2 aromatic heterocycles. The fraction of sp³-hybridized carbons (Fsp3) is 0.0526. The number of rotatable bonds is 3. The van der Waals surface area contributed by atoms with E-state index in [0.29, 0.717) is 10.8 Å². The lowest BCUT2D eigenvalue weighted by Gasteiger charge is -2.05. The quantitative estimate of drug-likeness (QED) is 0.551. The van der Waals surface area contributed by atoms with Gasteiger partial charge in [-0.2, -0.15) is 10.1 Å². The minimum atomic E-state index is -0.292. The molecule has 0 spiro atoms. The Bertz CT molecular complexity index is 1120. The van der Waals surface area contributed by atoms with E-state index in [1.807, 2.05) is 31.2 Å². The van der Waals surface area contributed by atoms with Crippen LogP contribution in [0.25, 0.3) is 28.7 Å². The molecule has 4 rings (SSSR count). The van der Waals surface area contributed by atoms with E-state index in [9.17, 15) is 4.79 Å². The molecule has 0 fully saturated rings. The zero-order chi connectivity index (χ0) is 18.1. The van der Waals surface area contributed by atoms with Crippen LogP contribution in [0.2, 0.25) is 5.02 Å². The molecule has 0 saturated carbocycles. The van der Waals surface area contributed by atoms with Crippen LogP contribution < -0.4 is 5.43 Å². The van der Waals surface area contributed by atoms with Crippen LogP contribution in [-0.2, 0) is 0 Å². The van der Waals surface area contributed by atoms with Crippen LogP contribution in [0.5, 0.6) is 0 Å². The van der Waals surface area contributed by atoms with Gasteiger partial charge in [-0.05, 0) is 43.3 Å². The highest BCUT2D eigenvalue weighted by atomic mass is 35.5. The third-order valence-corrected chi connectivity index (χ3v) is 4.09. The Morgan fingerprint density at radius 2 is 1.73 bits per heavy atom. The fourth-order valence-corrected chi connectivity index (χ4v) is 2.56. The van der Waals surface area contributed by atoms with E-state index in [2.05, 4.69) is 15.2 Å². The van der Waals surface area contributed by atoms with Crippen molar-refractivity contribution in [3.63, 3.8) is 0 Å². The summed E-state index contributed by atoms with van der Waals surface area (Å²) in [7, 11) is 0. The first kappa shape index (κ1) is 16.2. The van der Waals surface area contributed by atoms with E-state index in [1.165, 1.54) is 6.07 Å². The molecule has 2 aromatic carbocycles. The van der Waals surface area contributed by atoms with Crippen LogP contribution in [0.1, 0.15) is 5.56 Å². The van der Waals surface area contributed by atoms with Gasteiger partial charge in [-0.3, -0.25) is 4.79 Å². The number of aromatic nitrogens is 4. The van der Waals surface area contributed by atoms with Crippen LogP contribution in [0.15, 0.2) is 70.1 Å². The van der Waals surface area contributed by atoms with Gasteiger partial charge in [0.15, 0.2) is 5.69 Å². The summed E-state index contributed by atoms with van der Waals surface area (Å²) >= 11 is 5.89. The lowest BCUT2D eigenvalue weighted by Crippen LogP contribution is -2.12. The van der Waals surface area contributed by atoms with E-state index in [-0.39, 0.29) is 17.0 Å². The monoisotopic (exact) mass is 364 g/mol. The summed E-state index contributed by atoms with van der Waals surface area (Å²) in [6.45, 7) is 2.00. The van der Waals surface area contributed by atoms with Crippen LogP contribution in [0.4, 0.5) is 0 Å². The van der Waals surface area contributed by atoms with Gasteiger partial charge in [0.1, 0.15) is 0 Å². The van der Waals surface area contributed by atoms with Gasteiger partial charge >= 0.3 is 0 Å². The molecule has 0 aliphatic carbocycles. The Morgan fingerprint density at radius 3 is 2.46 bits per heavy atom. The molecule has 0 saturated heterocycles. The van der Waals surface area contributed by atoms with Crippen molar-refractivity contribution in [1.82, 2.24) is 19.9 Å². The Kier molecular flexibility index (Phi) is 4.10. The van der Waals surface area contributed by atoms with Crippen molar-refractivity contribution in [3.05, 3.63) is 81.6 Å². The van der Waals surface area contributed by atoms with Crippen LogP contribution in [-0.4, -0.2) is 19.9 Å². The van der Waals surface area contributed by atoms with E-state index in [4.69, 9.17) is 16.1 Å². The number of benzene rings is 2. The molecule has 2 heterocycles. The van der Waals surface area contributed by atoms with Gasteiger partial charge < -0.3 is 4.52 Å². The molecule has 0 N–H and O–H groups in total. The van der Waals surface area contributed by atoms with E-state index < -0.39 is 0 Å². The van der Waals surface area contributed by atoms with Gasteiger partial charge in [0.2, 0.25) is 11.3 Å². The SMILES string of the molecule is Cc1ccc(-n2ccc(=O)c(-c3nc(-c4ccc(Cl)cc4)no3)n2)cc1. The lowest BCUT2D eigenvalue weighted by molar-refractivity contribution is 0.429. The van der Waals surface area contributed by atoms with E-state index in [0.717, 1.165) is 16.8 Å². The molecule has 0 atom stereocenters. The maximum absolute atomic E-state index is 12.2. The van der Waals surface area contributed by atoms with Gasteiger partial charge in [-0.1, -0.05) is 34.5 Å². The summed E-state index contributed by atoms with van der Waals surface area (Å²) in [6.07, 6.45) is 1.60. The van der Waals surface area contributed by atoms with Crippen molar-refractivity contribution in [2.75, 3.05) is 0 Å². The van der Waals surface area contributed by atoms with Gasteiger partial charge in [0, 0.05) is 22.8 Å². The van der Waals surface area contributed by atoms with E-state index >= 15 is 0 Å². The average molecular weight is 365 g/mol. The topological polar surface area (TPSA) is 73.8 Å². The zero-order valence-corrected chi connectivity index (χ0v) is 14.5. The molecule has 128 valence electrons. The number of nitrogens with zero attached hydrogens (tertiary/aromatic N) is 4. The lowest BCUT2D eigenvalue weighted by atomic mass is 10.2. The first-order chi connectivity index (χ1) is 12.6. The Morgan fingerprint density at radius 1 is 1.00 bits per heavy atom. The second kappa shape index (κ2) is 6.57. The highest BCUT2D eigenvalue weighted by Crippen LogP contribution is 2.21. The summed E-state index contributed by atoms with van der Waals surface area (Å²) in [5.41, 5.74) is 2.51. The van der Waals surface area contributed by atoms with E-state index in [1.54, 1.807) is 35.1 Å². The fourth-order valence-electron chi connectivity index (χ4n) is 2.43. The first-order valence-electron chi connectivity index (χ1n) is 7.87. The second-order valence-electron chi connectivity index (χ2n) is 5.74. The standard InChI is InChI=1S/C19H13ClN4O2/c1-12-2-8-15(9-3-12)24-11-10-16(25)17(22-24)19-21-18(23-26-19)13-4-6-14(20)7-5-13/h2-11H,1H3. The average Bonchev–Trinajstić information content (AvgIpc) is 3.13. The molecule has 26 heavy (non-hydrogen) atoms. The maximum atomic E-state index is 12.2. The predicted molar refractivity (Wildman–Crippen MR) is 98.3 cm³/mol. The van der Waals surface area contributed by atoms with Crippen molar-refractivity contribution < 1.29 is 4.52 Å². The molecule has 4 aromatic rings. The molecule has 0 bridgehead atoms. The minimum Gasteiger partial charge on any atom is -0.332 e. The number of halogens is 1. The molecule has 0 amide bonds. The smallest absolute Gasteiger partial charge is 0.282 e. The Labute approximate surface area is 153 Å². The summed E-state index contributed by atoms with van der Waals surface area (Å²) < 4.78 is 6.86. The summed E-state index contributed by atoms with van der Waals surface area (Å²) in [5, 5.41) is 8.89. The number of aryl methyl sites for hydroxylation is 1. The minimum absolute atomic E-state index is 0.0708. The van der Waals surface area contributed by atoms with Crippen molar-refractivity contribution in [2.45, 2.75) is 6.92 Å². The highest BCUT2D eigenvalue weighted by molar-refractivity contribution is 6.30. The van der Waals surface area contributed by atoms with Gasteiger partial charge in [0.25, 0.3) is 5.89 Å². The van der Waals surface area contributed by atoms with Gasteiger partial charge in [-0.15, -0.1) is 0 Å². The molecular formula is C19H13ClN4O2. The van der Waals surface area contributed by atoms with Gasteiger partial charge in [0.05, 0.1) is 5.69 Å². The number of hydrogen-bond acceptors (Lipinski definition) is 5. The Balaban J connectivity index is 1.74. The van der Waals surface area contributed by atoms with Crippen LogP contribution in [0, 0.1) is 6.92 Å². The summed E-state index contributed by atoms with van der Waals surface area (Å²) in [5.74, 6) is 0.435. The number of hydrogen-bond donors (Lipinski definition) is 0. The van der Waals surface area contributed by atoms with Crippen LogP contribution >= 0.6 is 11.6 Å². The second-order valence-corrected chi connectivity index (χ2v) is 6.18. The molecule has 0 unspecified atom stereocenters. The van der Waals surface area contributed by atoms with Crippen LogP contribution in [0.3, 0.4) is 0 Å². The van der Waals surface area contributed by atoms with Crippen molar-refractivity contribution in [3.8, 4) is 28.7 Å². The predicted octanol–water partition coefficient (Wildman–Crippen LogP) is 3.91. The summed E-state index contributed by atoms with van der Waals surface area (Å²) in [6, 6.07) is 16.2. The molecule has 7 heteroatoms. The highest BCUT2D eigenvalue weighted by Gasteiger charge is 2.16. The van der Waals surface area contributed by atoms with Crippen molar-refractivity contribution >= 4 is 11.6 Å². The Hall–Kier alpha value is -3.25. The maximum Gasteiger partial charge on any atom is 0.282 e. The third kappa shape index (κ3) is 3.14. The van der Waals surface area contributed by atoms with Crippen molar-refractivity contribution in [1.29, 1.82) is 0 Å². The first-order valence-corrected chi connectivity index (χ1v) is 8.25. The van der Waals surface area contributed by atoms with Crippen molar-refractivity contribution in [2.24, 2.45) is 0 Å².